The first-order valence-electron chi connectivity index (χ1n) is 11.5. The van der Waals surface area contributed by atoms with Crippen molar-refractivity contribution in [3.63, 3.8) is 0 Å². The molecule has 1 heterocycles. The van der Waals surface area contributed by atoms with Gasteiger partial charge in [0.05, 0.1) is 9.79 Å². The number of aryl methyl sites for hydroxylation is 1. The molecule has 1 saturated heterocycles. The van der Waals surface area contributed by atoms with Gasteiger partial charge in [0.2, 0.25) is 10.0 Å². The van der Waals surface area contributed by atoms with Crippen molar-refractivity contribution in [2.24, 2.45) is 4.40 Å². The van der Waals surface area contributed by atoms with Gasteiger partial charge in [-0.05, 0) is 55.8 Å². The second-order valence-electron chi connectivity index (χ2n) is 8.91. The van der Waals surface area contributed by atoms with E-state index < -0.39 is 26.2 Å². The van der Waals surface area contributed by atoms with Gasteiger partial charge in [-0.25, -0.2) is 8.42 Å². The summed E-state index contributed by atoms with van der Waals surface area (Å²) >= 11 is 0. The summed E-state index contributed by atoms with van der Waals surface area (Å²) in [5, 5.41) is 0. The molecule has 0 saturated carbocycles. The molecule has 1 aliphatic rings. The number of benzene rings is 3. The first-order valence-corrected chi connectivity index (χ1v) is 14.4. The molecule has 0 unspecified atom stereocenters. The minimum absolute atomic E-state index is 0.0901. The lowest BCUT2D eigenvalue weighted by Crippen LogP contribution is -2.37. The maximum atomic E-state index is 13.6. The van der Waals surface area contributed by atoms with Crippen molar-refractivity contribution in [3.8, 4) is 0 Å². The van der Waals surface area contributed by atoms with Crippen LogP contribution in [-0.4, -0.2) is 59.1 Å². The number of anilines is 1. The Morgan fingerprint density at radius 3 is 2.03 bits per heavy atom. The van der Waals surface area contributed by atoms with Gasteiger partial charge in [0.25, 0.3) is 10.0 Å². The molecule has 0 aliphatic carbocycles. The molecule has 190 valence electrons. The van der Waals surface area contributed by atoms with E-state index in [1.54, 1.807) is 54.3 Å². The summed E-state index contributed by atoms with van der Waals surface area (Å²) in [6.07, 6.45) is -0.747. The van der Waals surface area contributed by atoms with Crippen LogP contribution in [-0.2, 0) is 20.0 Å². The zero-order valence-corrected chi connectivity index (χ0v) is 22.4. The van der Waals surface area contributed by atoms with Crippen molar-refractivity contribution in [3.05, 3.63) is 90.0 Å². The lowest BCUT2D eigenvalue weighted by atomic mass is 10.1. The normalized spacial score (nSPS) is 17.4. The van der Waals surface area contributed by atoms with Crippen LogP contribution in [0.1, 0.15) is 24.2 Å². The van der Waals surface area contributed by atoms with E-state index in [1.807, 2.05) is 50.2 Å². The van der Waals surface area contributed by atoms with E-state index in [9.17, 15) is 16.8 Å². The Labute approximate surface area is 213 Å². The van der Waals surface area contributed by atoms with Gasteiger partial charge >= 0.3 is 0 Å². The summed E-state index contributed by atoms with van der Waals surface area (Å²) in [7, 11) is -3.97. The lowest BCUT2D eigenvalue weighted by molar-refractivity contribution is 0.284. The third-order valence-corrected chi connectivity index (χ3v) is 9.41. The minimum atomic E-state index is -3.97. The fourth-order valence-corrected chi connectivity index (χ4v) is 6.84. The number of sulfonamides is 2. The summed E-state index contributed by atoms with van der Waals surface area (Å²) < 4.78 is 58.8. The maximum absolute atomic E-state index is 13.6. The molecule has 0 amide bonds. The van der Waals surface area contributed by atoms with E-state index in [0.29, 0.717) is 6.54 Å². The van der Waals surface area contributed by atoms with E-state index in [2.05, 4.69) is 4.40 Å². The number of hydrogen-bond donors (Lipinski definition) is 0. The fraction of sp³-hybridized carbons (Fsp3) is 0.269. The number of hydrogen-bond acceptors (Lipinski definition) is 5. The monoisotopic (exact) mass is 526 g/mol. The number of rotatable bonds is 6. The highest BCUT2D eigenvalue weighted by Crippen LogP contribution is 2.36. The molecule has 4 rings (SSSR count). The molecule has 1 aliphatic heterocycles. The van der Waals surface area contributed by atoms with Crippen LogP contribution in [0.2, 0.25) is 0 Å². The summed E-state index contributed by atoms with van der Waals surface area (Å²) in [5.74, 6) is 0.225. The van der Waals surface area contributed by atoms with Gasteiger partial charge in [-0.15, -0.1) is 4.40 Å². The lowest BCUT2D eigenvalue weighted by Gasteiger charge is -2.31. The molecule has 10 heteroatoms. The number of amidine groups is 1. The molecule has 36 heavy (non-hydrogen) atoms. The maximum Gasteiger partial charge on any atom is 0.283 e. The standard InChI is InChI=1S/C26H30N4O4S2/c1-20-10-16-24(17-11-20)35(31,32)27-21(2)29-18-19-30(36(33,34)25-8-6-5-7-9-25)26(29)22-12-14-23(15-13-22)28(3)4/h5-17,26H,18-19H2,1-4H3/t26-/m1/s1. The zero-order chi connectivity index (χ0) is 26.1. The topological polar surface area (TPSA) is 90.4 Å². The van der Waals surface area contributed by atoms with Gasteiger partial charge in [0, 0.05) is 32.9 Å². The molecule has 3 aromatic carbocycles. The van der Waals surface area contributed by atoms with E-state index in [1.165, 1.54) is 16.4 Å². The van der Waals surface area contributed by atoms with Crippen molar-refractivity contribution < 1.29 is 16.8 Å². The highest BCUT2D eigenvalue weighted by molar-refractivity contribution is 7.90. The van der Waals surface area contributed by atoms with Crippen LogP contribution in [0.4, 0.5) is 5.69 Å². The Kier molecular flexibility index (Phi) is 7.21. The summed E-state index contributed by atoms with van der Waals surface area (Å²) in [4.78, 5) is 3.96. The van der Waals surface area contributed by atoms with E-state index >= 15 is 0 Å². The summed E-state index contributed by atoms with van der Waals surface area (Å²) in [6.45, 7) is 3.97. The van der Waals surface area contributed by atoms with Crippen molar-refractivity contribution in [1.29, 1.82) is 0 Å². The van der Waals surface area contributed by atoms with Crippen LogP contribution in [0.5, 0.6) is 0 Å². The molecular weight excluding hydrogens is 496 g/mol. The predicted molar refractivity (Wildman–Crippen MR) is 142 cm³/mol. The third-order valence-electron chi connectivity index (χ3n) is 6.17. The third kappa shape index (κ3) is 5.16. The first-order chi connectivity index (χ1) is 17.0. The predicted octanol–water partition coefficient (Wildman–Crippen LogP) is 3.87. The van der Waals surface area contributed by atoms with Gasteiger partial charge in [-0.2, -0.15) is 12.7 Å². The van der Waals surface area contributed by atoms with Crippen molar-refractivity contribution in [2.45, 2.75) is 29.8 Å². The van der Waals surface area contributed by atoms with Gasteiger partial charge in [-0.3, -0.25) is 0 Å². The van der Waals surface area contributed by atoms with E-state index in [4.69, 9.17) is 0 Å². The van der Waals surface area contributed by atoms with Gasteiger partial charge in [0.15, 0.2) is 0 Å². The van der Waals surface area contributed by atoms with Crippen molar-refractivity contribution >= 4 is 31.6 Å². The Hall–Kier alpha value is -3.21. The quantitative estimate of drug-likeness (QED) is 0.358. The van der Waals surface area contributed by atoms with E-state index in [0.717, 1.165) is 16.8 Å². The summed E-state index contributed by atoms with van der Waals surface area (Å²) in [6, 6.07) is 22.3. The molecule has 0 aromatic heterocycles. The molecule has 8 nitrogen and oxygen atoms in total. The largest absolute Gasteiger partial charge is 0.378 e. The molecule has 3 aromatic rings. The van der Waals surface area contributed by atoms with E-state index in [-0.39, 0.29) is 22.2 Å². The Bertz CT molecular complexity index is 1450. The van der Waals surface area contributed by atoms with Crippen molar-refractivity contribution in [1.82, 2.24) is 9.21 Å². The fourth-order valence-electron chi connectivity index (χ4n) is 4.20. The highest BCUT2D eigenvalue weighted by Gasteiger charge is 2.42. The van der Waals surface area contributed by atoms with Crippen LogP contribution in [0.25, 0.3) is 0 Å². The molecule has 1 fully saturated rings. The Morgan fingerprint density at radius 1 is 0.833 bits per heavy atom. The summed E-state index contributed by atoms with van der Waals surface area (Å²) in [5.41, 5.74) is 2.63. The SMILES string of the molecule is CC(=NS(=O)(=O)c1ccc(C)cc1)N1CCN(S(=O)(=O)c2ccccc2)[C@@H]1c1ccc(N(C)C)cc1. The van der Waals surface area contributed by atoms with Crippen LogP contribution >= 0.6 is 0 Å². The smallest absolute Gasteiger partial charge is 0.283 e. The minimum Gasteiger partial charge on any atom is -0.378 e. The first kappa shape index (κ1) is 25.9. The average Bonchev–Trinajstić information content (AvgIpc) is 3.31. The van der Waals surface area contributed by atoms with Gasteiger partial charge < -0.3 is 9.80 Å². The van der Waals surface area contributed by atoms with Crippen LogP contribution in [0.3, 0.4) is 0 Å². The van der Waals surface area contributed by atoms with Crippen LogP contribution in [0, 0.1) is 6.92 Å². The average molecular weight is 527 g/mol. The van der Waals surface area contributed by atoms with Crippen molar-refractivity contribution in [2.75, 3.05) is 32.1 Å². The molecule has 0 bridgehead atoms. The molecule has 1 atom stereocenters. The highest BCUT2D eigenvalue weighted by atomic mass is 32.2. The van der Waals surface area contributed by atoms with Gasteiger partial charge in [0.1, 0.15) is 12.0 Å². The molecule has 0 radical (unpaired) electrons. The van der Waals surface area contributed by atoms with Crippen LogP contribution in [0.15, 0.2) is 93.1 Å². The second-order valence-corrected chi connectivity index (χ2v) is 12.4. The molecule has 0 N–H and O–H groups in total. The Morgan fingerprint density at radius 2 is 1.44 bits per heavy atom. The zero-order valence-electron chi connectivity index (χ0n) is 20.7. The van der Waals surface area contributed by atoms with Crippen LogP contribution < -0.4 is 4.90 Å². The van der Waals surface area contributed by atoms with Gasteiger partial charge in [-0.1, -0.05) is 48.0 Å². The molecule has 0 spiro atoms. The Balaban J connectivity index is 1.77. The molecular formula is C26H30N4O4S2. The second kappa shape index (κ2) is 10.0. The number of nitrogens with zero attached hydrogens (tertiary/aromatic N) is 4.